The molecule has 4 heterocycles. The van der Waals surface area contributed by atoms with Crippen molar-refractivity contribution < 1.29 is 14.3 Å². The van der Waals surface area contributed by atoms with E-state index in [4.69, 9.17) is 9.47 Å². The first-order valence-electron chi connectivity index (χ1n) is 11.4. The molecule has 6 heteroatoms. The van der Waals surface area contributed by atoms with Crippen molar-refractivity contribution in [3.05, 3.63) is 30.1 Å². The molecule has 0 radical (unpaired) electrons. The van der Waals surface area contributed by atoms with Crippen LogP contribution in [-0.4, -0.2) is 77.8 Å². The molecule has 3 aliphatic heterocycles. The predicted octanol–water partition coefficient (Wildman–Crippen LogP) is 2.28. The molecule has 1 amide bonds. The predicted molar refractivity (Wildman–Crippen MR) is 109 cm³/mol. The highest BCUT2D eigenvalue weighted by molar-refractivity contribution is 5.78. The molecule has 0 bridgehead atoms. The van der Waals surface area contributed by atoms with E-state index in [0.29, 0.717) is 18.6 Å². The van der Waals surface area contributed by atoms with E-state index in [-0.39, 0.29) is 11.4 Å². The van der Waals surface area contributed by atoms with Crippen molar-refractivity contribution in [1.29, 1.82) is 0 Å². The molecule has 6 nitrogen and oxygen atoms in total. The van der Waals surface area contributed by atoms with Crippen LogP contribution in [0.5, 0.6) is 0 Å². The highest BCUT2D eigenvalue weighted by Crippen LogP contribution is 2.45. The van der Waals surface area contributed by atoms with Gasteiger partial charge in [-0.25, -0.2) is 0 Å². The normalized spacial score (nSPS) is 27.7. The van der Waals surface area contributed by atoms with Crippen molar-refractivity contribution >= 4 is 5.91 Å². The third-order valence-corrected chi connectivity index (χ3v) is 7.46. The highest BCUT2D eigenvalue weighted by atomic mass is 16.5. The van der Waals surface area contributed by atoms with E-state index >= 15 is 0 Å². The van der Waals surface area contributed by atoms with Crippen LogP contribution in [0.3, 0.4) is 0 Å². The first kappa shape index (κ1) is 19.5. The molecule has 1 atom stereocenters. The van der Waals surface area contributed by atoms with Gasteiger partial charge in [0.15, 0.2) is 0 Å². The Morgan fingerprint density at radius 3 is 2.69 bits per heavy atom. The van der Waals surface area contributed by atoms with Gasteiger partial charge in [0, 0.05) is 57.9 Å². The Morgan fingerprint density at radius 1 is 1.21 bits per heavy atom. The summed E-state index contributed by atoms with van der Waals surface area (Å²) in [5.74, 6) is 1.04. The summed E-state index contributed by atoms with van der Waals surface area (Å²) < 4.78 is 12.1. The quantitative estimate of drug-likeness (QED) is 0.735. The topological polar surface area (TPSA) is 54.9 Å². The van der Waals surface area contributed by atoms with Gasteiger partial charge in [0.2, 0.25) is 5.91 Å². The number of pyridine rings is 1. The van der Waals surface area contributed by atoms with Gasteiger partial charge in [-0.2, -0.15) is 0 Å². The number of piperidine rings is 1. The van der Waals surface area contributed by atoms with Gasteiger partial charge in [0.05, 0.1) is 18.1 Å². The van der Waals surface area contributed by atoms with Crippen LogP contribution in [-0.2, 0) is 20.7 Å². The van der Waals surface area contributed by atoms with Crippen molar-refractivity contribution in [2.24, 2.45) is 5.92 Å². The fourth-order valence-corrected chi connectivity index (χ4v) is 5.41. The number of likely N-dealkylation sites (tertiary alicyclic amines) is 2. The van der Waals surface area contributed by atoms with Crippen LogP contribution < -0.4 is 0 Å². The minimum absolute atomic E-state index is 0.180. The Morgan fingerprint density at radius 2 is 2.00 bits per heavy atom. The largest absolute Gasteiger partial charge is 0.381 e. The molecular formula is C23H33N3O3. The smallest absolute Gasteiger partial charge is 0.227 e. The minimum Gasteiger partial charge on any atom is -0.381 e. The Hall–Kier alpha value is -1.50. The molecule has 158 valence electrons. The zero-order valence-corrected chi connectivity index (χ0v) is 17.3. The van der Waals surface area contributed by atoms with Gasteiger partial charge in [-0.3, -0.25) is 14.7 Å². The van der Waals surface area contributed by atoms with Gasteiger partial charge in [-0.05, 0) is 56.1 Å². The van der Waals surface area contributed by atoms with Crippen LogP contribution in [0.15, 0.2) is 24.5 Å². The van der Waals surface area contributed by atoms with Crippen LogP contribution in [0.25, 0.3) is 0 Å². The van der Waals surface area contributed by atoms with E-state index < -0.39 is 0 Å². The summed E-state index contributed by atoms with van der Waals surface area (Å²) in [4.78, 5) is 21.6. The number of hydrogen-bond donors (Lipinski definition) is 0. The maximum absolute atomic E-state index is 12.7. The molecule has 1 aromatic heterocycles. The van der Waals surface area contributed by atoms with E-state index in [1.54, 1.807) is 12.4 Å². The molecule has 1 spiro atoms. The van der Waals surface area contributed by atoms with E-state index in [1.807, 2.05) is 17.0 Å². The summed E-state index contributed by atoms with van der Waals surface area (Å²) in [6.07, 6.45) is 11.4. The number of nitrogens with zero attached hydrogens (tertiary/aromatic N) is 3. The summed E-state index contributed by atoms with van der Waals surface area (Å²) in [7, 11) is 0. The number of ether oxygens (including phenoxy) is 2. The highest BCUT2D eigenvalue weighted by Gasteiger charge is 2.57. The van der Waals surface area contributed by atoms with Crippen molar-refractivity contribution in [2.45, 2.75) is 62.6 Å². The van der Waals surface area contributed by atoms with Crippen molar-refractivity contribution in [3.63, 3.8) is 0 Å². The van der Waals surface area contributed by atoms with Crippen LogP contribution in [0.4, 0.5) is 0 Å². The van der Waals surface area contributed by atoms with Gasteiger partial charge in [-0.1, -0.05) is 6.07 Å². The van der Waals surface area contributed by atoms with Gasteiger partial charge < -0.3 is 14.4 Å². The zero-order chi connectivity index (χ0) is 19.7. The summed E-state index contributed by atoms with van der Waals surface area (Å²) in [5, 5.41) is 0. The SMILES string of the molecule is O=C(Cc1cccnc1)N1CCC(N2C[C@H](OCC3CC3)C23CCOCC3)CC1. The van der Waals surface area contributed by atoms with Crippen molar-refractivity contribution in [2.75, 3.05) is 39.5 Å². The molecule has 1 aliphatic carbocycles. The summed E-state index contributed by atoms with van der Waals surface area (Å²) in [6.45, 7) is 5.43. The Bertz CT molecular complexity index is 695. The molecule has 4 fully saturated rings. The van der Waals surface area contributed by atoms with Crippen molar-refractivity contribution in [3.8, 4) is 0 Å². The Labute approximate surface area is 173 Å². The van der Waals surface area contributed by atoms with E-state index in [9.17, 15) is 4.79 Å². The summed E-state index contributed by atoms with van der Waals surface area (Å²) in [6, 6.07) is 4.44. The van der Waals surface area contributed by atoms with E-state index in [2.05, 4.69) is 9.88 Å². The van der Waals surface area contributed by atoms with Crippen LogP contribution >= 0.6 is 0 Å². The molecule has 0 N–H and O–H groups in total. The molecule has 4 aliphatic rings. The molecule has 0 unspecified atom stereocenters. The average Bonchev–Trinajstić information content (AvgIpc) is 3.59. The molecule has 0 aromatic carbocycles. The van der Waals surface area contributed by atoms with Gasteiger partial charge in [0.1, 0.15) is 0 Å². The van der Waals surface area contributed by atoms with Gasteiger partial charge in [0.25, 0.3) is 0 Å². The lowest BCUT2D eigenvalue weighted by Crippen LogP contribution is -2.76. The first-order chi connectivity index (χ1) is 14.2. The van der Waals surface area contributed by atoms with Crippen LogP contribution in [0, 0.1) is 5.92 Å². The second kappa shape index (κ2) is 8.32. The van der Waals surface area contributed by atoms with E-state index in [0.717, 1.165) is 76.6 Å². The number of carbonyl (C=O) groups is 1. The molecular weight excluding hydrogens is 366 g/mol. The molecule has 1 saturated carbocycles. The standard InChI is InChI=1S/C23H33N3O3/c27-22(14-19-2-1-9-24-15-19)25-10-5-20(6-11-25)26-16-21(29-17-18-3-4-18)23(26)7-12-28-13-8-23/h1-2,9,15,18,20-21H,3-8,10-14,16-17H2/t21-/m0/s1. The average molecular weight is 400 g/mol. The first-order valence-corrected chi connectivity index (χ1v) is 11.4. The molecule has 5 rings (SSSR count). The monoisotopic (exact) mass is 399 g/mol. The lowest BCUT2D eigenvalue weighted by Gasteiger charge is -2.63. The lowest BCUT2D eigenvalue weighted by atomic mass is 9.73. The molecule has 29 heavy (non-hydrogen) atoms. The van der Waals surface area contributed by atoms with E-state index in [1.165, 1.54) is 12.8 Å². The summed E-state index contributed by atoms with van der Waals surface area (Å²) in [5.41, 5.74) is 1.18. The number of carbonyl (C=O) groups excluding carboxylic acids is 1. The lowest BCUT2D eigenvalue weighted by molar-refractivity contribution is -0.217. The second-order valence-electron chi connectivity index (χ2n) is 9.28. The second-order valence-corrected chi connectivity index (χ2v) is 9.28. The van der Waals surface area contributed by atoms with Crippen LogP contribution in [0.1, 0.15) is 44.1 Å². The third kappa shape index (κ3) is 4.07. The third-order valence-electron chi connectivity index (χ3n) is 7.46. The van der Waals surface area contributed by atoms with Gasteiger partial charge >= 0.3 is 0 Å². The number of aromatic nitrogens is 1. The minimum atomic E-state index is 0.180. The number of hydrogen-bond acceptors (Lipinski definition) is 5. The Kier molecular flexibility index (Phi) is 5.59. The zero-order valence-electron chi connectivity index (χ0n) is 17.3. The Balaban J connectivity index is 1.16. The molecule has 1 aromatic rings. The van der Waals surface area contributed by atoms with Crippen LogP contribution in [0.2, 0.25) is 0 Å². The summed E-state index contributed by atoms with van der Waals surface area (Å²) >= 11 is 0. The number of amides is 1. The maximum atomic E-state index is 12.7. The van der Waals surface area contributed by atoms with Gasteiger partial charge in [-0.15, -0.1) is 0 Å². The fraction of sp³-hybridized carbons (Fsp3) is 0.739. The fourth-order valence-electron chi connectivity index (χ4n) is 5.41. The maximum Gasteiger partial charge on any atom is 0.227 e. The van der Waals surface area contributed by atoms with Crippen molar-refractivity contribution in [1.82, 2.24) is 14.8 Å². The molecule has 3 saturated heterocycles. The number of rotatable bonds is 6.